The van der Waals surface area contributed by atoms with Gasteiger partial charge in [0.05, 0.1) is 12.3 Å². The Morgan fingerprint density at radius 3 is 3.06 bits per heavy atom. The Morgan fingerprint density at radius 2 is 2.39 bits per heavy atom. The first-order valence-electron chi connectivity index (χ1n) is 6.08. The van der Waals surface area contributed by atoms with E-state index in [2.05, 4.69) is 11.9 Å². The Hall–Kier alpha value is -1.75. The molecule has 5 nitrogen and oxygen atoms in total. The number of aromatic nitrogens is 1. The third-order valence-electron chi connectivity index (χ3n) is 2.88. The molecule has 1 saturated heterocycles. The number of carbonyl (C=O) groups is 2. The van der Waals surface area contributed by atoms with Crippen LogP contribution in [-0.2, 0) is 16.0 Å². The summed E-state index contributed by atoms with van der Waals surface area (Å²) in [6.45, 7) is 3.10. The number of carbonyl (C=O) groups excluding carboxylic acids is 2. The van der Waals surface area contributed by atoms with E-state index in [1.165, 1.54) is 0 Å². The number of anilines is 1. The molecule has 1 fully saturated rings. The van der Waals surface area contributed by atoms with Gasteiger partial charge in [0.15, 0.2) is 6.29 Å². The van der Waals surface area contributed by atoms with E-state index in [0.29, 0.717) is 30.8 Å². The number of aldehydes is 1. The summed E-state index contributed by atoms with van der Waals surface area (Å²) < 4.78 is 5.08. The van der Waals surface area contributed by atoms with E-state index < -0.39 is 0 Å². The monoisotopic (exact) mass is 248 g/mol. The molecule has 0 N–H and O–H groups in total. The summed E-state index contributed by atoms with van der Waals surface area (Å²) in [6, 6.07) is 1.88. The van der Waals surface area contributed by atoms with Crippen molar-refractivity contribution in [1.82, 2.24) is 4.98 Å². The van der Waals surface area contributed by atoms with E-state index in [1.54, 1.807) is 11.1 Å². The Bertz CT molecular complexity index is 460. The lowest BCUT2D eigenvalue weighted by molar-refractivity contribution is -0.125. The highest BCUT2D eigenvalue weighted by molar-refractivity contribution is 5.98. The minimum Gasteiger partial charge on any atom is -0.370 e. The molecule has 0 bridgehead atoms. The van der Waals surface area contributed by atoms with Crippen molar-refractivity contribution in [2.75, 3.05) is 24.7 Å². The Labute approximate surface area is 106 Å². The third-order valence-corrected chi connectivity index (χ3v) is 2.88. The van der Waals surface area contributed by atoms with Crippen molar-refractivity contribution < 1.29 is 14.3 Å². The van der Waals surface area contributed by atoms with Crippen LogP contribution in [0.3, 0.4) is 0 Å². The molecule has 1 aliphatic rings. The molecule has 0 saturated carbocycles. The van der Waals surface area contributed by atoms with E-state index in [9.17, 15) is 9.59 Å². The van der Waals surface area contributed by atoms with Crippen LogP contribution in [-0.4, -0.2) is 36.9 Å². The predicted molar refractivity (Wildman–Crippen MR) is 66.8 cm³/mol. The van der Waals surface area contributed by atoms with Crippen molar-refractivity contribution >= 4 is 17.9 Å². The number of pyridine rings is 1. The van der Waals surface area contributed by atoms with Crippen molar-refractivity contribution in [2.24, 2.45) is 0 Å². The number of rotatable bonds is 4. The summed E-state index contributed by atoms with van der Waals surface area (Å²) in [7, 11) is 0. The zero-order chi connectivity index (χ0) is 13.0. The second-order valence-corrected chi connectivity index (χ2v) is 4.21. The molecule has 0 spiro atoms. The van der Waals surface area contributed by atoms with Crippen molar-refractivity contribution in [1.29, 1.82) is 0 Å². The standard InChI is InChI=1S/C13H16N2O3/c1-2-3-10-6-12(11(8-16)14-7-10)15-4-5-18-9-13(15)17/h6-8H,2-5,9H2,1H3. The lowest BCUT2D eigenvalue weighted by Gasteiger charge is -2.27. The third kappa shape index (κ3) is 2.56. The molecule has 0 aliphatic carbocycles. The molecule has 0 unspecified atom stereocenters. The van der Waals surface area contributed by atoms with Crippen LogP contribution in [0.25, 0.3) is 0 Å². The van der Waals surface area contributed by atoms with Gasteiger partial charge in [-0.15, -0.1) is 0 Å². The van der Waals surface area contributed by atoms with Gasteiger partial charge in [-0.25, -0.2) is 0 Å². The number of hydrogen-bond acceptors (Lipinski definition) is 4. The lowest BCUT2D eigenvalue weighted by Crippen LogP contribution is -2.42. The van der Waals surface area contributed by atoms with Crippen molar-refractivity contribution in [3.8, 4) is 0 Å². The van der Waals surface area contributed by atoms with Gasteiger partial charge in [-0.1, -0.05) is 13.3 Å². The fourth-order valence-electron chi connectivity index (χ4n) is 2.01. The average molecular weight is 248 g/mol. The molecule has 5 heteroatoms. The number of amides is 1. The summed E-state index contributed by atoms with van der Waals surface area (Å²) in [4.78, 5) is 28.5. The molecule has 0 atom stereocenters. The van der Waals surface area contributed by atoms with Crippen LogP contribution in [0, 0.1) is 0 Å². The van der Waals surface area contributed by atoms with Gasteiger partial charge in [-0.05, 0) is 18.1 Å². The van der Waals surface area contributed by atoms with Gasteiger partial charge in [0.1, 0.15) is 12.3 Å². The molecular formula is C13H16N2O3. The fraction of sp³-hybridized carbons (Fsp3) is 0.462. The van der Waals surface area contributed by atoms with Gasteiger partial charge < -0.3 is 9.64 Å². The number of morpholine rings is 1. The second-order valence-electron chi connectivity index (χ2n) is 4.21. The van der Waals surface area contributed by atoms with Gasteiger partial charge in [-0.3, -0.25) is 14.6 Å². The highest BCUT2D eigenvalue weighted by Gasteiger charge is 2.23. The van der Waals surface area contributed by atoms with Gasteiger partial charge in [-0.2, -0.15) is 0 Å². The van der Waals surface area contributed by atoms with Crippen LogP contribution in [0.15, 0.2) is 12.3 Å². The van der Waals surface area contributed by atoms with Crippen molar-refractivity contribution in [3.05, 3.63) is 23.5 Å². The SMILES string of the molecule is CCCc1cnc(C=O)c(N2CCOCC2=O)c1. The van der Waals surface area contributed by atoms with Gasteiger partial charge >= 0.3 is 0 Å². The summed E-state index contributed by atoms with van der Waals surface area (Å²) >= 11 is 0. The first-order chi connectivity index (χ1) is 8.76. The molecular weight excluding hydrogens is 232 g/mol. The van der Waals surface area contributed by atoms with Crippen molar-refractivity contribution in [2.45, 2.75) is 19.8 Å². The summed E-state index contributed by atoms with van der Waals surface area (Å²) in [5.41, 5.74) is 1.95. The van der Waals surface area contributed by atoms with Gasteiger partial charge in [0.25, 0.3) is 5.91 Å². The minimum absolute atomic E-state index is 0.0658. The molecule has 1 amide bonds. The number of aryl methyl sites for hydroxylation is 1. The van der Waals surface area contributed by atoms with Crippen LogP contribution in [0.5, 0.6) is 0 Å². The molecule has 0 aromatic carbocycles. The Kier molecular flexibility index (Phi) is 4.04. The van der Waals surface area contributed by atoms with Crippen molar-refractivity contribution in [3.63, 3.8) is 0 Å². The second kappa shape index (κ2) is 5.73. The first kappa shape index (κ1) is 12.7. The van der Waals surface area contributed by atoms with Crippen LogP contribution < -0.4 is 4.90 Å². The number of ether oxygens (including phenoxy) is 1. The van der Waals surface area contributed by atoms with Crippen LogP contribution in [0.1, 0.15) is 29.4 Å². The lowest BCUT2D eigenvalue weighted by atomic mass is 10.1. The van der Waals surface area contributed by atoms with E-state index in [-0.39, 0.29) is 12.5 Å². The minimum atomic E-state index is -0.125. The highest BCUT2D eigenvalue weighted by atomic mass is 16.5. The molecule has 18 heavy (non-hydrogen) atoms. The zero-order valence-corrected chi connectivity index (χ0v) is 10.4. The van der Waals surface area contributed by atoms with E-state index >= 15 is 0 Å². The molecule has 2 heterocycles. The number of nitrogens with zero attached hydrogens (tertiary/aromatic N) is 2. The van der Waals surface area contributed by atoms with Crippen LogP contribution in [0.2, 0.25) is 0 Å². The van der Waals surface area contributed by atoms with E-state index in [4.69, 9.17) is 4.74 Å². The predicted octanol–water partition coefficient (Wildman–Crippen LogP) is 1.21. The molecule has 1 aromatic heterocycles. The van der Waals surface area contributed by atoms with Crippen LogP contribution >= 0.6 is 0 Å². The van der Waals surface area contributed by atoms with E-state index in [1.807, 2.05) is 6.07 Å². The van der Waals surface area contributed by atoms with Crippen LogP contribution in [0.4, 0.5) is 5.69 Å². The maximum absolute atomic E-state index is 11.8. The van der Waals surface area contributed by atoms with Gasteiger partial charge in [0.2, 0.25) is 0 Å². The average Bonchev–Trinajstić information content (AvgIpc) is 2.40. The smallest absolute Gasteiger partial charge is 0.253 e. The molecule has 96 valence electrons. The topological polar surface area (TPSA) is 59.5 Å². The molecule has 1 aromatic rings. The maximum Gasteiger partial charge on any atom is 0.253 e. The quantitative estimate of drug-likeness (QED) is 0.751. The van der Waals surface area contributed by atoms with E-state index in [0.717, 1.165) is 18.4 Å². The Balaban J connectivity index is 2.36. The molecule has 1 aliphatic heterocycles. The Morgan fingerprint density at radius 1 is 1.56 bits per heavy atom. The zero-order valence-electron chi connectivity index (χ0n) is 10.4. The molecule has 0 radical (unpaired) electrons. The first-order valence-corrected chi connectivity index (χ1v) is 6.08. The summed E-state index contributed by atoms with van der Waals surface area (Å²) in [6.07, 6.45) is 4.27. The summed E-state index contributed by atoms with van der Waals surface area (Å²) in [5.74, 6) is -0.125. The largest absolute Gasteiger partial charge is 0.370 e. The summed E-state index contributed by atoms with van der Waals surface area (Å²) in [5, 5.41) is 0. The highest BCUT2D eigenvalue weighted by Crippen LogP contribution is 2.21. The maximum atomic E-state index is 11.8. The number of hydrogen-bond donors (Lipinski definition) is 0. The molecule has 2 rings (SSSR count). The normalized spacial score (nSPS) is 15.8. The fourth-order valence-corrected chi connectivity index (χ4v) is 2.01. The van der Waals surface area contributed by atoms with Gasteiger partial charge in [0, 0.05) is 12.7 Å².